The fraction of sp³-hybridized carbons (Fsp3) is 0.364. The van der Waals surface area contributed by atoms with Crippen molar-refractivity contribution in [2.75, 3.05) is 15.8 Å². The Morgan fingerprint density at radius 1 is 1.30 bits per heavy atom. The van der Waals surface area contributed by atoms with E-state index in [9.17, 15) is 13.6 Å². The number of nitrogens with one attached hydrogen (secondary N) is 3. The number of rotatable bonds is 7. The van der Waals surface area contributed by atoms with Crippen LogP contribution in [0.4, 0.5) is 20.2 Å². The third-order valence-electron chi connectivity index (χ3n) is 5.42. The number of benzene rings is 1. The van der Waals surface area contributed by atoms with Crippen molar-refractivity contribution in [3.63, 3.8) is 0 Å². The van der Waals surface area contributed by atoms with E-state index < -0.39 is 23.1 Å². The number of amides is 1. The number of anilines is 2. The molecule has 3 aromatic rings. The summed E-state index contributed by atoms with van der Waals surface area (Å²) in [4.78, 5) is 20.2. The molecule has 1 fully saturated rings. The highest BCUT2D eigenvalue weighted by atomic mass is 32.2. The van der Waals surface area contributed by atoms with Gasteiger partial charge in [-0.05, 0) is 48.9 Å². The zero-order valence-electron chi connectivity index (χ0n) is 16.7. The first kappa shape index (κ1) is 20.7. The molecule has 0 spiro atoms. The van der Waals surface area contributed by atoms with Crippen LogP contribution in [0.5, 0.6) is 0 Å². The van der Waals surface area contributed by atoms with E-state index >= 15 is 0 Å². The maximum Gasteiger partial charge on any atom is 0.261 e. The van der Waals surface area contributed by atoms with Gasteiger partial charge in [0.25, 0.3) is 5.91 Å². The molecule has 0 atom stereocenters. The van der Waals surface area contributed by atoms with Crippen molar-refractivity contribution in [3.05, 3.63) is 53.4 Å². The Balaban J connectivity index is 1.58. The van der Waals surface area contributed by atoms with Gasteiger partial charge in [-0.2, -0.15) is 0 Å². The number of nitrogens with zero attached hydrogens (tertiary/aromatic N) is 1. The number of carbonyl (C=O) groups excluding carboxylic acids is 1. The molecule has 30 heavy (non-hydrogen) atoms. The Morgan fingerprint density at radius 2 is 2.10 bits per heavy atom. The molecule has 4 rings (SSSR count). The second-order valence-corrected chi connectivity index (χ2v) is 8.44. The number of fused-ring (bicyclic) bond motifs is 1. The van der Waals surface area contributed by atoms with Gasteiger partial charge in [-0.3, -0.25) is 4.79 Å². The predicted octanol–water partition coefficient (Wildman–Crippen LogP) is 6.22. The van der Waals surface area contributed by atoms with Gasteiger partial charge in [-0.25, -0.2) is 13.8 Å². The van der Waals surface area contributed by atoms with E-state index in [1.165, 1.54) is 42.6 Å². The van der Waals surface area contributed by atoms with Crippen molar-refractivity contribution >= 4 is 40.3 Å². The van der Waals surface area contributed by atoms with Crippen LogP contribution in [0.3, 0.4) is 0 Å². The second-order valence-electron chi connectivity index (χ2n) is 7.53. The minimum absolute atomic E-state index is 0.0859. The number of pyridine rings is 1. The van der Waals surface area contributed by atoms with Crippen molar-refractivity contribution in [1.82, 2.24) is 9.97 Å². The van der Waals surface area contributed by atoms with Gasteiger partial charge in [0.15, 0.2) is 5.82 Å². The number of hydrogen-bond donors (Lipinski definition) is 3. The Hall–Kier alpha value is -2.61. The lowest BCUT2D eigenvalue weighted by Gasteiger charge is -2.12. The molecule has 1 aromatic carbocycles. The predicted molar refractivity (Wildman–Crippen MR) is 118 cm³/mol. The molecule has 1 amide bonds. The van der Waals surface area contributed by atoms with Crippen LogP contribution >= 0.6 is 11.9 Å². The molecule has 158 valence electrons. The van der Waals surface area contributed by atoms with Crippen LogP contribution in [0.1, 0.15) is 60.9 Å². The molecule has 1 aliphatic carbocycles. The van der Waals surface area contributed by atoms with Crippen LogP contribution < -0.4 is 10.0 Å². The largest absolute Gasteiger partial charge is 0.346 e. The Morgan fingerprint density at radius 3 is 2.87 bits per heavy atom. The van der Waals surface area contributed by atoms with E-state index in [4.69, 9.17) is 0 Å². The van der Waals surface area contributed by atoms with Gasteiger partial charge in [0.2, 0.25) is 0 Å². The molecule has 1 aliphatic rings. The van der Waals surface area contributed by atoms with Gasteiger partial charge in [-0.15, -0.1) is 0 Å². The normalized spacial score (nSPS) is 14.4. The standard InChI is InChI=1S/C22H24F2N4OS/c1-2-9-30-28-18-8-7-17(23)19(20(18)24)22(29)27-14-10-15-16(13-5-3-4-6-13)12-26-21(15)25-11-14/h7-8,10-13,28H,2-6,9H2,1H3,(H,25,26)(H,27,29). The maximum absolute atomic E-state index is 14.8. The minimum atomic E-state index is -0.904. The number of hydrogen-bond acceptors (Lipinski definition) is 4. The van der Waals surface area contributed by atoms with Crippen molar-refractivity contribution in [2.45, 2.75) is 44.9 Å². The zero-order valence-corrected chi connectivity index (χ0v) is 17.5. The average molecular weight is 431 g/mol. The molecule has 2 aromatic heterocycles. The summed E-state index contributed by atoms with van der Waals surface area (Å²) in [6.07, 6.45) is 9.06. The maximum atomic E-state index is 14.8. The van der Waals surface area contributed by atoms with E-state index in [0.717, 1.165) is 42.1 Å². The van der Waals surface area contributed by atoms with E-state index in [1.807, 2.05) is 19.2 Å². The van der Waals surface area contributed by atoms with Crippen molar-refractivity contribution < 1.29 is 13.6 Å². The summed E-state index contributed by atoms with van der Waals surface area (Å²) in [6, 6.07) is 4.21. The van der Waals surface area contributed by atoms with Crippen molar-refractivity contribution in [2.24, 2.45) is 0 Å². The summed E-state index contributed by atoms with van der Waals surface area (Å²) in [6.45, 7) is 2.00. The lowest BCUT2D eigenvalue weighted by atomic mass is 9.98. The number of aromatic amines is 1. The van der Waals surface area contributed by atoms with E-state index in [1.54, 1.807) is 0 Å². The van der Waals surface area contributed by atoms with Crippen LogP contribution in [0.15, 0.2) is 30.6 Å². The summed E-state index contributed by atoms with van der Waals surface area (Å²) >= 11 is 1.31. The van der Waals surface area contributed by atoms with Gasteiger partial charge in [0.05, 0.1) is 17.6 Å². The van der Waals surface area contributed by atoms with Crippen LogP contribution in [-0.4, -0.2) is 21.6 Å². The fourth-order valence-electron chi connectivity index (χ4n) is 3.93. The van der Waals surface area contributed by atoms with Gasteiger partial charge < -0.3 is 15.0 Å². The molecule has 8 heteroatoms. The van der Waals surface area contributed by atoms with E-state index in [0.29, 0.717) is 11.6 Å². The third kappa shape index (κ3) is 4.14. The van der Waals surface area contributed by atoms with Crippen LogP contribution in [-0.2, 0) is 0 Å². The number of carbonyl (C=O) groups is 1. The Kier molecular flexibility index (Phi) is 6.22. The summed E-state index contributed by atoms with van der Waals surface area (Å²) in [5.41, 5.74) is 1.81. The topological polar surface area (TPSA) is 69.8 Å². The number of H-pyrrole nitrogens is 1. The number of halogens is 2. The molecule has 3 N–H and O–H groups in total. The first-order valence-electron chi connectivity index (χ1n) is 10.2. The molecule has 5 nitrogen and oxygen atoms in total. The van der Waals surface area contributed by atoms with Gasteiger partial charge in [0.1, 0.15) is 17.0 Å². The first-order chi connectivity index (χ1) is 14.6. The average Bonchev–Trinajstić information content (AvgIpc) is 3.39. The smallest absolute Gasteiger partial charge is 0.261 e. The molecule has 0 bridgehead atoms. The summed E-state index contributed by atoms with van der Waals surface area (Å²) < 4.78 is 31.9. The highest BCUT2D eigenvalue weighted by molar-refractivity contribution is 8.00. The molecule has 1 saturated carbocycles. The highest BCUT2D eigenvalue weighted by Gasteiger charge is 2.23. The molecule has 0 unspecified atom stereocenters. The second kappa shape index (κ2) is 9.04. The Bertz CT molecular complexity index is 1060. The molecule has 0 saturated heterocycles. The van der Waals surface area contributed by atoms with Crippen LogP contribution in [0.25, 0.3) is 11.0 Å². The van der Waals surface area contributed by atoms with E-state index in [2.05, 4.69) is 20.0 Å². The van der Waals surface area contributed by atoms with Crippen LogP contribution in [0.2, 0.25) is 0 Å². The van der Waals surface area contributed by atoms with Gasteiger partial charge in [-0.1, -0.05) is 31.7 Å². The summed E-state index contributed by atoms with van der Waals surface area (Å²) in [5.74, 6) is -1.40. The number of aromatic nitrogens is 2. The Labute approximate surface area is 178 Å². The minimum Gasteiger partial charge on any atom is -0.346 e. The molecular weight excluding hydrogens is 406 g/mol. The molecular formula is C22H24F2N4OS. The highest BCUT2D eigenvalue weighted by Crippen LogP contribution is 2.38. The molecule has 2 heterocycles. The lowest BCUT2D eigenvalue weighted by molar-refractivity contribution is 0.101. The molecule has 0 radical (unpaired) electrons. The van der Waals surface area contributed by atoms with E-state index in [-0.39, 0.29) is 5.69 Å². The van der Waals surface area contributed by atoms with Gasteiger partial charge in [0, 0.05) is 17.3 Å². The van der Waals surface area contributed by atoms with Crippen molar-refractivity contribution in [1.29, 1.82) is 0 Å². The van der Waals surface area contributed by atoms with Crippen LogP contribution in [0, 0.1) is 11.6 Å². The SMILES string of the molecule is CCCSNc1ccc(F)c(C(=O)Nc2cnc3[nH]cc(C4CCCC4)c3c2)c1F. The monoisotopic (exact) mass is 430 g/mol. The third-order valence-corrected chi connectivity index (χ3v) is 6.40. The summed E-state index contributed by atoms with van der Waals surface area (Å²) in [5, 5.41) is 3.54. The molecule has 0 aliphatic heterocycles. The van der Waals surface area contributed by atoms with Crippen molar-refractivity contribution in [3.8, 4) is 0 Å². The van der Waals surface area contributed by atoms with Gasteiger partial charge >= 0.3 is 0 Å². The lowest BCUT2D eigenvalue weighted by Crippen LogP contribution is -2.17. The summed E-state index contributed by atoms with van der Waals surface area (Å²) in [7, 11) is 0. The zero-order chi connectivity index (χ0) is 21.1. The first-order valence-corrected chi connectivity index (χ1v) is 11.2. The fourth-order valence-corrected chi connectivity index (χ4v) is 4.55. The quantitative estimate of drug-likeness (QED) is 0.307.